The van der Waals surface area contributed by atoms with Crippen molar-refractivity contribution in [3.63, 3.8) is 0 Å². The van der Waals surface area contributed by atoms with E-state index in [4.69, 9.17) is 4.42 Å². The van der Waals surface area contributed by atoms with Crippen LogP contribution < -0.4 is 15.8 Å². The van der Waals surface area contributed by atoms with Gasteiger partial charge in [0.2, 0.25) is 5.91 Å². The Morgan fingerprint density at radius 2 is 1.83 bits per heavy atom. The van der Waals surface area contributed by atoms with E-state index in [1.807, 2.05) is 31.2 Å². The molecule has 0 aliphatic heterocycles. The smallest absolute Gasteiger partial charge is 0.339 e. The number of hydrogen-bond acceptors (Lipinski definition) is 5. The molecule has 0 aliphatic rings. The number of aromatic nitrogens is 1. The van der Waals surface area contributed by atoms with E-state index in [0.29, 0.717) is 37.0 Å². The largest absolute Gasteiger partial charge is 0.422 e. The van der Waals surface area contributed by atoms with Gasteiger partial charge >= 0.3 is 5.63 Å². The van der Waals surface area contributed by atoms with E-state index in [2.05, 4.69) is 35.1 Å². The van der Waals surface area contributed by atoms with Crippen LogP contribution in [0.25, 0.3) is 11.0 Å². The van der Waals surface area contributed by atoms with E-state index in [1.165, 1.54) is 0 Å². The third kappa shape index (κ3) is 5.06. The second-order valence-electron chi connectivity index (χ2n) is 7.30. The third-order valence-corrected chi connectivity index (χ3v) is 5.49. The van der Waals surface area contributed by atoms with Crippen molar-refractivity contribution in [1.29, 1.82) is 0 Å². The monoisotopic (exact) mass is 407 g/mol. The first-order valence-corrected chi connectivity index (χ1v) is 10.5. The summed E-state index contributed by atoms with van der Waals surface area (Å²) in [6, 6.07) is 9.82. The van der Waals surface area contributed by atoms with Gasteiger partial charge in [0.05, 0.1) is 0 Å². The van der Waals surface area contributed by atoms with Crippen LogP contribution in [0.5, 0.6) is 0 Å². The van der Waals surface area contributed by atoms with Crippen LogP contribution in [0.1, 0.15) is 37.0 Å². The predicted octanol–water partition coefficient (Wildman–Crippen LogP) is 3.63. The van der Waals surface area contributed by atoms with Crippen LogP contribution in [0.2, 0.25) is 0 Å². The maximum atomic E-state index is 12.6. The highest BCUT2D eigenvalue weighted by Gasteiger charge is 2.13. The molecule has 2 aromatic heterocycles. The van der Waals surface area contributed by atoms with Crippen LogP contribution in [-0.4, -0.2) is 30.5 Å². The van der Waals surface area contributed by atoms with Crippen molar-refractivity contribution in [2.45, 2.75) is 40.0 Å². The summed E-state index contributed by atoms with van der Waals surface area (Å²) in [7, 11) is 0. The minimum atomic E-state index is -0.331. The summed E-state index contributed by atoms with van der Waals surface area (Å²) in [4.78, 5) is 30.9. The summed E-state index contributed by atoms with van der Waals surface area (Å²) in [5.74, 6) is -0.0292. The standard InChI is InChI=1S/C24H29N3O3/c1-4-27(5-2)19-7-8-20-17(3)21(24(29)30-22(20)16-19)12-15-26-23(28)9-6-18-10-13-25-14-11-18/h7-8,10-11,13-14,16H,4-6,9,12,15H2,1-3H3,(H,26,28). The molecule has 1 aromatic carbocycles. The van der Waals surface area contributed by atoms with Gasteiger partial charge in [-0.25, -0.2) is 4.79 Å². The number of aryl methyl sites for hydroxylation is 2. The zero-order valence-electron chi connectivity index (χ0n) is 17.9. The van der Waals surface area contributed by atoms with Crippen molar-refractivity contribution in [2.24, 2.45) is 0 Å². The molecule has 3 rings (SSSR count). The first-order valence-electron chi connectivity index (χ1n) is 10.5. The van der Waals surface area contributed by atoms with Gasteiger partial charge in [-0.1, -0.05) is 0 Å². The summed E-state index contributed by atoms with van der Waals surface area (Å²) < 4.78 is 5.62. The Kier molecular flexibility index (Phi) is 7.22. The molecule has 0 saturated carbocycles. The lowest BCUT2D eigenvalue weighted by Crippen LogP contribution is -2.27. The van der Waals surface area contributed by atoms with Gasteiger partial charge in [-0.05, 0) is 69.0 Å². The SMILES string of the molecule is CCN(CC)c1ccc2c(C)c(CCNC(=O)CCc3ccncc3)c(=O)oc2c1. The number of nitrogens with one attached hydrogen (secondary N) is 1. The first-order chi connectivity index (χ1) is 14.5. The topological polar surface area (TPSA) is 75.4 Å². The van der Waals surface area contributed by atoms with E-state index in [0.717, 1.165) is 35.3 Å². The van der Waals surface area contributed by atoms with Crippen molar-refractivity contribution < 1.29 is 9.21 Å². The van der Waals surface area contributed by atoms with Crippen molar-refractivity contribution in [1.82, 2.24) is 10.3 Å². The highest BCUT2D eigenvalue weighted by atomic mass is 16.4. The summed E-state index contributed by atoms with van der Waals surface area (Å²) >= 11 is 0. The minimum absolute atomic E-state index is 0.0292. The number of carbonyl (C=O) groups is 1. The number of anilines is 1. The van der Waals surface area contributed by atoms with Gasteiger partial charge in [-0.3, -0.25) is 9.78 Å². The third-order valence-electron chi connectivity index (χ3n) is 5.49. The van der Waals surface area contributed by atoms with E-state index in [-0.39, 0.29) is 11.5 Å². The second-order valence-corrected chi connectivity index (χ2v) is 7.30. The fourth-order valence-corrected chi connectivity index (χ4v) is 3.68. The molecule has 0 aliphatic carbocycles. The van der Waals surface area contributed by atoms with Gasteiger partial charge in [-0.15, -0.1) is 0 Å². The van der Waals surface area contributed by atoms with Gasteiger partial charge in [0.1, 0.15) is 5.58 Å². The van der Waals surface area contributed by atoms with Crippen molar-refractivity contribution >= 4 is 22.6 Å². The number of hydrogen-bond donors (Lipinski definition) is 1. The van der Waals surface area contributed by atoms with Gasteiger partial charge in [0, 0.05) is 61.2 Å². The van der Waals surface area contributed by atoms with E-state index in [9.17, 15) is 9.59 Å². The van der Waals surface area contributed by atoms with Crippen LogP contribution in [0.15, 0.2) is 51.9 Å². The Bertz CT molecular complexity index is 1060. The van der Waals surface area contributed by atoms with Crippen LogP contribution in [0, 0.1) is 6.92 Å². The number of fused-ring (bicyclic) bond motifs is 1. The number of rotatable bonds is 9. The molecule has 0 atom stereocenters. The number of nitrogens with zero attached hydrogens (tertiary/aromatic N) is 2. The zero-order chi connectivity index (χ0) is 21.5. The van der Waals surface area contributed by atoms with Crippen molar-refractivity contribution in [3.8, 4) is 0 Å². The molecule has 1 N–H and O–H groups in total. The molecular formula is C24H29N3O3. The molecule has 0 unspecified atom stereocenters. The Hall–Kier alpha value is -3.15. The highest BCUT2D eigenvalue weighted by molar-refractivity contribution is 5.84. The number of amides is 1. The maximum absolute atomic E-state index is 12.6. The Balaban J connectivity index is 1.65. The number of benzene rings is 1. The summed E-state index contributed by atoms with van der Waals surface area (Å²) in [6.07, 6.45) is 4.96. The predicted molar refractivity (Wildman–Crippen MR) is 120 cm³/mol. The van der Waals surface area contributed by atoms with Crippen LogP contribution in [0.3, 0.4) is 0 Å². The second kappa shape index (κ2) is 10.1. The van der Waals surface area contributed by atoms with Crippen molar-refractivity contribution in [3.05, 3.63) is 69.8 Å². The quantitative estimate of drug-likeness (QED) is 0.548. The molecule has 0 bridgehead atoms. The summed E-state index contributed by atoms with van der Waals surface area (Å²) in [5, 5.41) is 3.84. The average Bonchev–Trinajstić information content (AvgIpc) is 2.76. The number of pyridine rings is 1. The Morgan fingerprint density at radius 1 is 1.10 bits per heavy atom. The molecule has 30 heavy (non-hydrogen) atoms. The van der Waals surface area contributed by atoms with Crippen LogP contribution in [0.4, 0.5) is 5.69 Å². The maximum Gasteiger partial charge on any atom is 0.339 e. The van der Waals surface area contributed by atoms with Gasteiger partial charge in [0.25, 0.3) is 0 Å². The van der Waals surface area contributed by atoms with E-state index < -0.39 is 0 Å². The molecule has 6 heteroatoms. The van der Waals surface area contributed by atoms with Crippen LogP contribution in [-0.2, 0) is 17.6 Å². The molecule has 1 amide bonds. The fourth-order valence-electron chi connectivity index (χ4n) is 3.68. The molecule has 158 valence electrons. The molecule has 0 saturated heterocycles. The summed E-state index contributed by atoms with van der Waals surface area (Å²) in [6.45, 7) is 8.34. The van der Waals surface area contributed by atoms with E-state index in [1.54, 1.807) is 12.4 Å². The zero-order valence-corrected chi connectivity index (χ0v) is 17.9. The Morgan fingerprint density at radius 3 is 2.53 bits per heavy atom. The summed E-state index contributed by atoms with van der Waals surface area (Å²) in [5.41, 5.74) is 3.93. The van der Waals surface area contributed by atoms with E-state index >= 15 is 0 Å². The normalized spacial score (nSPS) is 10.9. The lowest BCUT2D eigenvalue weighted by Gasteiger charge is -2.21. The molecule has 3 aromatic rings. The minimum Gasteiger partial charge on any atom is -0.422 e. The van der Waals surface area contributed by atoms with Crippen molar-refractivity contribution in [2.75, 3.05) is 24.5 Å². The average molecular weight is 408 g/mol. The fraction of sp³-hybridized carbons (Fsp3) is 0.375. The van der Waals surface area contributed by atoms with Gasteiger partial charge in [-0.2, -0.15) is 0 Å². The van der Waals surface area contributed by atoms with Gasteiger partial charge in [0.15, 0.2) is 0 Å². The molecule has 0 radical (unpaired) electrons. The molecule has 6 nitrogen and oxygen atoms in total. The molecule has 0 spiro atoms. The molecule has 2 heterocycles. The lowest BCUT2D eigenvalue weighted by molar-refractivity contribution is -0.121. The Labute approximate surface area is 176 Å². The molecular weight excluding hydrogens is 378 g/mol. The van der Waals surface area contributed by atoms with Crippen LogP contribution >= 0.6 is 0 Å². The highest BCUT2D eigenvalue weighted by Crippen LogP contribution is 2.25. The number of carbonyl (C=O) groups excluding carboxylic acids is 1. The molecule has 0 fully saturated rings. The first kappa shape index (κ1) is 21.6. The van der Waals surface area contributed by atoms with Gasteiger partial charge < -0.3 is 14.6 Å². The lowest BCUT2D eigenvalue weighted by atomic mass is 10.0.